The van der Waals surface area contributed by atoms with Crippen molar-refractivity contribution in [2.24, 2.45) is 5.41 Å². The molecule has 4 rings (SSSR count). The van der Waals surface area contributed by atoms with Crippen LogP contribution in [0, 0.1) is 12.3 Å². The molecule has 1 aromatic carbocycles. The van der Waals surface area contributed by atoms with Crippen LogP contribution in [0.3, 0.4) is 0 Å². The van der Waals surface area contributed by atoms with E-state index in [9.17, 15) is 8.42 Å². The van der Waals surface area contributed by atoms with Gasteiger partial charge in [-0.25, -0.2) is 0 Å². The van der Waals surface area contributed by atoms with Gasteiger partial charge in [0.15, 0.2) is 12.4 Å². The van der Waals surface area contributed by atoms with Gasteiger partial charge in [0.25, 0.3) is 10.1 Å². The van der Waals surface area contributed by atoms with E-state index in [2.05, 4.69) is 12.6 Å². The lowest BCUT2D eigenvalue weighted by Crippen LogP contribution is -2.54. The standard InChI is InChI=1S/C18H25O8PS3/c1-11-4-6-12(7-5-11)30(19,20)26-15-14(16(28)13-8-21-17(15)24-13)25-27(29)22-9-18(2,3)10-23-27/h4-7,13-17,28H,8-10H2,1-3H3/t13-,14-,15-,16+,17-/m1/s1. The molecule has 0 unspecified atom stereocenters. The minimum Gasteiger partial charge on any atom is -0.347 e. The van der Waals surface area contributed by atoms with Crippen LogP contribution in [0.1, 0.15) is 19.4 Å². The highest BCUT2D eigenvalue weighted by molar-refractivity contribution is 8.07. The Balaban J connectivity index is 1.58. The predicted molar refractivity (Wildman–Crippen MR) is 115 cm³/mol. The summed E-state index contributed by atoms with van der Waals surface area (Å²) in [7, 11) is -4.11. The molecule has 0 saturated carbocycles. The average molecular weight is 497 g/mol. The molecule has 12 heteroatoms. The third-order valence-electron chi connectivity index (χ3n) is 5.07. The van der Waals surface area contributed by atoms with Crippen molar-refractivity contribution in [3.63, 3.8) is 0 Å². The lowest BCUT2D eigenvalue weighted by atomic mass is 9.97. The highest BCUT2D eigenvalue weighted by Crippen LogP contribution is 2.57. The van der Waals surface area contributed by atoms with Gasteiger partial charge in [0, 0.05) is 5.41 Å². The van der Waals surface area contributed by atoms with Crippen molar-refractivity contribution in [1.29, 1.82) is 0 Å². The lowest BCUT2D eigenvalue weighted by molar-refractivity contribution is -0.176. The molecule has 3 heterocycles. The summed E-state index contributed by atoms with van der Waals surface area (Å²) in [5.41, 5.74) is 0.745. The zero-order valence-corrected chi connectivity index (χ0v) is 20.2. The molecule has 3 fully saturated rings. The van der Waals surface area contributed by atoms with E-state index in [0.29, 0.717) is 13.2 Å². The smallest absolute Gasteiger partial charge is 0.327 e. The van der Waals surface area contributed by atoms with Gasteiger partial charge in [-0.3, -0.25) is 4.18 Å². The van der Waals surface area contributed by atoms with Crippen LogP contribution in [-0.4, -0.2) is 58.1 Å². The maximum atomic E-state index is 12.9. The van der Waals surface area contributed by atoms with E-state index in [1.54, 1.807) is 12.1 Å². The third kappa shape index (κ3) is 4.80. The van der Waals surface area contributed by atoms with Gasteiger partial charge in [-0.15, -0.1) is 0 Å². The predicted octanol–water partition coefficient (Wildman–Crippen LogP) is 2.81. The monoisotopic (exact) mass is 496 g/mol. The van der Waals surface area contributed by atoms with Crippen molar-refractivity contribution in [1.82, 2.24) is 0 Å². The minimum atomic E-state index is -4.11. The number of aryl methyl sites for hydroxylation is 1. The van der Waals surface area contributed by atoms with Gasteiger partial charge in [-0.2, -0.15) is 21.0 Å². The number of hydrogen-bond donors (Lipinski definition) is 1. The van der Waals surface area contributed by atoms with Gasteiger partial charge in [-0.1, -0.05) is 31.5 Å². The fraction of sp³-hybridized carbons (Fsp3) is 0.667. The number of fused-ring (bicyclic) bond motifs is 2. The van der Waals surface area contributed by atoms with Crippen LogP contribution in [0.5, 0.6) is 0 Å². The van der Waals surface area contributed by atoms with Gasteiger partial charge in [0.2, 0.25) is 0 Å². The molecule has 0 aliphatic carbocycles. The molecule has 2 bridgehead atoms. The first-order chi connectivity index (χ1) is 14.0. The van der Waals surface area contributed by atoms with E-state index in [0.717, 1.165) is 5.56 Å². The van der Waals surface area contributed by atoms with E-state index in [-0.39, 0.29) is 23.0 Å². The first kappa shape index (κ1) is 23.1. The average Bonchev–Trinajstić information content (AvgIpc) is 3.13. The second-order valence-corrected chi connectivity index (χ2v) is 13.6. The Hall–Kier alpha value is -0.0700. The largest absolute Gasteiger partial charge is 0.347 e. The first-order valence-electron chi connectivity index (χ1n) is 9.51. The maximum absolute atomic E-state index is 12.9. The SMILES string of the molecule is Cc1ccc(S(=O)(=O)O[C@H]2[C@@H]3OC[C@@H](O3)[C@H](S)[C@@H]2OP2(=S)OCC(C)(C)CO2)cc1. The molecule has 0 amide bonds. The molecule has 3 aliphatic heterocycles. The maximum Gasteiger partial charge on any atom is 0.327 e. The van der Waals surface area contributed by atoms with E-state index in [4.69, 9.17) is 39.0 Å². The Labute approximate surface area is 187 Å². The topological polar surface area (TPSA) is 89.5 Å². The number of hydrogen-bond acceptors (Lipinski definition) is 10. The molecule has 168 valence electrons. The van der Waals surface area contributed by atoms with Crippen molar-refractivity contribution in [3.8, 4) is 0 Å². The van der Waals surface area contributed by atoms with Crippen molar-refractivity contribution < 1.29 is 35.6 Å². The molecular formula is C18H25O8PS3. The van der Waals surface area contributed by atoms with Crippen LogP contribution >= 0.6 is 19.3 Å². The lowest BCUT2D eigenvalue weighted by Gasteiger charge is -2.42. The van der Waals surface area contributed by atoms with Crippen LogP contribution in [0.2, 0.25) is 0 Å². The second kappa shape index (κ2) is 8.37. The number of thiol groups is 1. The van der Waals surface area contributed by atoms with E-state index < -0.39 is 40.6 Å². The molecule has 8 nitrogen and oxygen atoms in total. The molecule has 0 N–H and O–H groups in total. The van der Waals surface area contributed by atoms with Crippen molar-refractivity contribution >= 4 is 41.3 Å². The zero-order chi connectivity index (χ0) is 21.7. The van der Waals surface area contributed by atoms with Crippen molar-refractivity contribution in [2.75, 3.05) is 19.8 Å². The van der Waals surface area contributed by atoms with Crippen molar-refractivity contribution in [3.05, 3.63) is 29.8 Å². The summed E-state index contributed by atoms with van der Waals surface area (Å²) in [5.74, 6) is 0. The van der Waals surface area contributed by atoms with E-state index >= 15 is 0 Å². The highest BCUT2D eigenvalue weighted by Gasteiger charge is 2.54. The summed E-state index contributed by atoms with van der Waals surface area (Å²) in [6.45, 7) is 3.76. The molecule has 0 spiro atoms. The quantitative estimate of drug-likeness (QED) is 0.375. The normalized spacial score (nSPS) is 35.3. The molecule has 0 aromatic heterocycles. The molecule has 30 heavy (non-hydrogen) atoms. The van der Waals surface area contributed by atoms with Gasteiger partial charge < -0.3 is 23.0 Å². The second-order valence-electron chi connectivity index (χ2n) is 8.42. The van der Waals surface area contributed by atoms with Crippen LogP contribution in [0.25, 0.3) is 0 Å². The molecule has 5 atom stereocenters. The summed E-state index contributed by atoms with van der Waals surface area (Å²) < 4.78 is 60.3. The molecule has 3 aliphatic rings. The molecule has 0 radical (unpaired) electrons. The summed E-state index contributed by atoms with van der Waals surface area (Å²) in [5, 5.41) is -0.538. The Morgan fingerprint density at radius 2 is 1.80 bits per heavy atom. The summed E-state index contributed by atoms with van der Waals surface area (Å²) >= 11 is 10.1. The van der Waals surface area contributed by atoms with Gasteiger partial charge in [-0.05, 0) is 30.9 Å². The molecule has 3 saturated heterocycles. The summed E-state index contributed by atoms with van der Waals surface area (Å²) in [4.78, 5) is 0.0254. The van der Waals surface area contributed by atoms with Crippen LogP contribution in [-0.2, 0) is 49.2 Å². The third-order valence-corrected chi connectivity index (χ3v) is 9.30. The van der Waals surface area contributed by atoms with E-state index in [1.165, 1.54) is 12.1 Å². The van der Waals surface area contributed by atoms with E-state index in [1.807, 2.05) is 20.8 Å². The van der Waals surface area contributed by atoms with Crippen LogP contribution in [0.4, 0.5) is 0 Å². The van der Waals surface area contributed by atoms with Gasteiger partial charge in [0.1, 0.15) is 6.10 Å². The Kier molecular flexibility index (Phi) is 6.44. The highest BCUT2D eigenvalue weighted by atomic mass is 32.5. The van der Waals surface area contributed by atoms with Crippen LogP contribution < -0.4 is 0 Å². The summed E-state index contributed by atoms with van der Waals surface area (Å²) in [6.07, 6.45) is -3.27. The summed E-state index contributed by atoms with van der Waals surface area (Å²) in [6, 6.07) is 6.36. The Morgan fingerprint density at radius 1 is 1.17 bits per heavy atom. The number of ether oxygens (including phenoxy) is 2. The zero-order valence-electron chi connectivity index (χ0n) is 16.8. The molecular weight excluding hydrogens is 471 g/mol. The van der Waals surface area contributed by atoms with Crippen LogP contribution in [0.15, 0.2) is 29.2 Å². The fourth-order valence-corrected chi connectivity index (χ4v) is 7.21. The van der Waals surface area contributed by atoms with Gasteiger partial charge >= 0.3 is 6.72 Å². The van der Waals surface area contributed by atoms with Crippen molar-refractivity contribution in [2.45, 2.75) is 55.5 Å². The minimum absolute atomic E-state index is 0.0254. The molecule has 1 aromatic rings. The number of benzene rings is 1. The Bertz CT molecular complexity index is 921. The fourth-order valence-electron chi connectivity index (χ4n) is 3.28. The number of rotatable bonds is 5. The Morgan fingerprint density at radius 3 is 2.43 bits per heavy atom. The first-order valence-corrected chi connectivity index (χ1v) is 14.0. The van der Waals surface area contributed by atoms with Gasteiger partial charge in [0.05, 0.1) is 36.1 Å².